The number of carbonyl (C=O) groups is 1. The molecule has 2 aromatic carbocycles. The molecule has 0 heterocycles. The van der Waals surface area contributed by atoms with Crippen LogP contribution in [0.2, 0.25) is 0 Å². The van der Waals surface area contributed by atoms with E-state index < -0.39 is 17.2 Å². The lowest BCUT2D eigenvalue weighted by Gasteiger charge is -2.19. The minimum absolute atomic E-state index is 0.0154. The summed E-state index contributed by atoms with van der Waals surface area (Å²) in [6.45, 7) is 2.72. The molecule has 0 spiro atoms. The van der Waals surface area contributed by atoms with Crippen LogP contribution in [0.25, 0.3) is 11.1 Å². The van der Waals surface area contributed by atoms with Crippen molar-refractivity contribution in [2.45, 2.75) is 19.8 Å². The SMILES string of the molecule is CCCCNc1cc(C(=O)O)cc(NS(=O)[O-])c1-c1ccccc1. The molecule has 0 aliphatic heterocycles. The molecule has 2 rings (SSSR count). The fraction of sp³-hybridized carbons (Fsp3) is 0.235. The van der Waals surface area contributed by atoms with E-state index in [2.05, 4.69) is 17.0 Å². The standard InChI is InChI=1S/C17H20N2O4S/c1-2-3-9-18-14-10-13(17(20)21)11-15(19-24(22)23)16(14)12-7-5-4-6-8-12/h4-8,10-11,18-19H,2-3,9H2,1H3,(H,20,21)(H,22,23)/p-1. The Labute approximate surface area is 143 Å². The van der Waals surface area contributed by atoms with Crippen molar-refractivity contribution in [1.29, 1.82) is 0 Å². The summed E-state index contributed by atoms with van der Waals surface area (Å²) in [6, 6.07) is 12.1. The van der Waals surface area contributed by atoms with Crippen LogP contribution in [-0.4, -0.2) is 26.4 Å². The van der Waals surface area contributed by atoms with Crippen molar-refractivity contribution >= 4 is 28.6 Å². The van der Waals surface area contributed by atoms with Gasteiger partial charge in [0.1, 0.15) is 0 Å². The number of anilines is 2. The molecule has 0 aliphatic rings. The van der Waals surface area contributed by atoms with Crippen LogP contribution >= 0.6 is 0 Å². The highest BCUT2D eigenvalue weighted by atomic mass is 32.2. The van der Waals surface area contributed by atoms with Gasteiger partial charge in [-0.05, 0) is 24.1 Å². The highest BCUT2D eigenvalue weighted by molar-refractivity contribution is 7.80. The Balaban J connectivity index is 2.60. The number of nitrogens with one attached hydrogen (secondary N) is 2. The van der Waals surface area contributed by atoms with Gasteiger partial charge >= 0.3 is 5.97 Å². The second-order valence-corrected chi connectivity index (χ2v) is 5.91. The van der Waals surface area contributed by atoms with Gasteiger partial charge in [0.2, 0.25) is 0 Å². The Morgan fingerprint density at radius 1 is 1.21 bits per heavy atom. The molecule has 0 aromatic heterocycles. The van der Waals surface area contributed by atoms with Gasteiger partial charge in [0.15, 0.2) is 0 Å². The van der Waals surface area contributed by atoms with E-state index in [9.17, 15) is 18.7 Å². The predicted octanol–water partition coefficient (Wildman–Crippen LogP) is 3.47. The van der Waals surface area contributed by atoms with E-state index >= 15 is 0 Å². The minimum atomic E-state index is -2.56. The molecule has 0 saturated heterocycles. The summed E-state index contributed by atoms with van der Waals surface area (Å²) in [4.78, 5) is 11.4. The molecule has 3 N–H and O–H groups in total. The summed E-state index contributed by atoms with van der Waals surface area (Å²) in [5.74, 6) is -1.12. The van der Waals surface area contributed by atoms with E-state index in [0.717, 1.165) is 18.4 Å². The summed E-state index contributed by atoms with van der Waals surface area (Å²) >= 11 is -2.56. The molecule has 0 saturated carbocycles. The number of benzene rings is 2. The number of hydrogen-bond donors (Lipinski definition) is 3. The zero-order valence-electron chi connectivity index (χ0n) is 13.2. The van der Waals surface area contributed by atoms with Gasteiger partial charge in [-0.2, -0.15) is 0 Å². The molecular formula is C17H19N2O4S-. The highest BCUT2D eigenvalue weighted by Crippen LogP contribution is 2.37. The molecule has 0 amide bonds. The summed E-state index contributed by atoms with van der Waals surface area (Å²) in [6.07, 6.45) is 1.91. The molecular weight excluding hydrogens is 328 g/mol. The molecule has 6 nitrogen and oxygen atoms in total. The van der Waals surface area contributed by atoms with Gasteiger partial charge in [-0.25, -0.2) is 4.79 Å². The Hall–Kier alpha value is -2.38. The Bertz CT molecular complexity index is 735. The van der Waals surface area contributed by atoms with E-state index in [1.165, 1.54) is 12.1 Å². The smallest absolute Gasteiger partial charge is 0.335 e. The van der Waals surface area contributed by atoms with Crippen LogP contribution in [0.1, 0.15) is 30.1 Å². The Morgan fingerprint density at radius 2 is 1.88 bits per heavy atom. The van der Waals surface area contributed by atoms with Crippen LogP contribution < -0.4 is 10.0 Å². The maximum atomic E-state index is 11.4. The number of aromatic carboxylic acids is 1. The van der Waals surface area contributed by atoms with Gasteiger partial charge in [-0.1, -0.05) is 43.7 Å². The summed E-state index contributed by atoms with van der Waals surface area (Å²) in [5.41, 5.74) is 2.25. The number of unbranched alkanes of at least 4 members (excludes halogenated alkanes) is 1. The first-order valence-electron chi connectivity index (χ1n) is 7.59. The van der Waals surface area contributed by atoms with Crippen LogP contribution in [-0.2, 0) is 11.3 Å². The van der Waals surface area contributed by atoms with Crippen molar-refractivity contribution in [3.8, 4) is 11.1 Å². The largest absolute Gasteiger partial charge is 0.755 e. The average molecular weight is 347 g/mol. The number of carboxylic acid groups (broad SMARTS) is 1. The Morgan fingerprint density at radius 3 is 2.46 bits per heavy atom. The van der Waals surface area contributed by atoms with E-state index in [1.807, 2.05) is 30.3 Å². The molecule has 0 radical (unpaired) electrons. The molecule has 7 heteroatoms. The number of hydrogen-bond acceptors (Lipinski definition) is 4. The monoisotopic (exact) mass is 347 g/mol. The van der Waals surface area contributed by atoms with Gasteiger partial charge in [0, 0.05) is 29.1 Å². The van der Waals surface area contributed by atoms with Crippen molar-refractivity contribution in [1.82, 2.24) is 0 Å². The third-order valence-electron chi connectivity index (χ3n) is 3.49. The molecule has 0 bridgehead atoms. The molecule has 0 fully saturated rings. The van der Waals surface area contributed by atoms with Crippen LogP contribution in [0.5, 0.6) is 0 Å². The quantitative estimate of drug-likeness (QED) is 0.501. The van der Waals surface area contributed by atoms with Crippen molar-refractivity contribution < 1.29 is 18.7 Å². The molecule has 2 aromatic rings. The minimum Gasteiger partial charge on any atom is -0.755 e. The van der Waals surface area contributed by atoms with Gasteiger partial charge in [-0.15, -0.1) is 0 Å². The van der Waals surface area contributed by atoms with Crippen LogP contribution in [0.4, 0.5) is 11.4 Å². The second kappa shape index (κ2) is 8.47. The summed E-state index contributed by atoms with van der Waals surface area (Å²) < 4.78 is 24.6. The zero-order chi connectivity index (χ0) is 17.5. The topological polar surface area (TPSA) is 101 Å². The van der Waals surface area contributed by atoms with Crippen LogP contribution in [0.3, 0.4) is 0 Å². The highest BCUT2D eigenvalue weighted by Gasteiger charge is 2.16. The first-order valence-corrected chi connectivity index (χ1v) is 8.67. The van der Waals surface area contributed by atoms with E-state index in [4.69, 9.17) is 0 Å². The first-order chi connectivity index (χ1) is 11.5. The van der Waals surface area contributed by atoms with Gasteiger partial charge < -0.3 is 19.7 Å². The maximum Gasteiger partial charge on any atom is 0.335 e. The Kier molecular flexibility index (Phi) is 6.34. The van der Waals surface area contributed by atoms with Gasteiger partial charge in [0.25, 0.3) is 0 Å². The third kappa shape index (κ3) is 4.56. The summed E-state index contributed by atoms with van der Waals surface area (Å²) in [5, 5.41) is 12.5. The molecule has 0 aliphatic carbocycles. The van der Waals surface area contributed by atoms with Crippen molar-refractivity contribution in [2.75, 3.05) is 16.6 Å². The van der Waals surface area contributed by atoms with Crippen LogP contribution in [0.15, 0.2) is 42.5 Å². The lowest BCUT2D eigenvalue weighted by molar-refractivity contribution is 0.0697. The first kappa shape index (κ1) is 18.0. The van der Waals surface area contributed by atoms with E-state index in [0.29, 0.717) is 17.8 Å². The third-order valence-corrected chi connectivity index (χ3v) is 3.87. The molecule has 1 atom stereocenters. The van der Waals surface area contributed by atoms with Gasteiger partial charge in [-0.3, -0.25) is 4.21 Å². The van der Waals surface area contributed by atoms with Crippen molar-refractivity contribution in [3.05, 3.63) is 48.0 Å². The molecule has 24 heavy (non-hydrogen) atoms. The fourth-order valence-corrected chi connectivity index (χ4v) is 2.73. The predicted molar refractivity (Wildman–Crippen MR) is 94.8 cm³/mol. The zero-order valence-corrected chi connectivity index (χ0v) is 14.1. The number of carboxylic acids is 1. The lowest BCUT2D eigenvalue weighted by atomic mass is 9.99. The average Bonchev–Trinajstić information content (AvgIpc) is 2.55. The van der Waals surface area contributed by atoms with E-state index in [1.54, 1.807) is 0 Å². The summed E-state index contributed by atoms with van der Waals surface area (Å²) in [7, 11) is 0. The normalized spacial score (nSPS) is 11.8. The van der Waals surface area contributed by atoms with Crippen LogP contribution in [0, 0.1) is 0 Å². The second-order valence-electron chi connectivity index (χ2n) is 5.23. The maximum absolute atomic E-state index is 11.4. The number of rotatable bonds is 8. The van der Waals surface area contributed by atoms with Gasteiger partial charge in [0.05, 0.1) is 11.3 Å². The lowest BCUT2D eigenvalue weighted by Crippen LogP contribution is -2.10. The molecule has 1 unspecified atom stereocenters. The van der Waals surface area contributed by atoms with E-state index in [-0.39, 0.29) is 11.3 Å². The fourth-order valence-electron chi connectivity index (χ4n) is 2.39. The van der Waals surface area contributed by atoms with Crippen molar-refractivity contribution in [3.63, 3.8) is 0 Å². The molecule has 128 valence electrons. The van der Waals surface area contributed by atoms with Crippen molar-refractivity contribution in [2.24, 2.45) is 0 Å².